The SMILES string of the molecule is COC(=O)[C@@]12C[C@@](O)(CCC1=O)[C@H]([N+](=O)[O-])[C@@H]2c1ccccc1. The van der Waals surface area contributed by atoms with Crippen LogP contribution >= 0.6 is 0 Å². The van der Waals surface area contributed by atoms with Crippen molar-refractivity contribution in [3.05, 3.63) is 46.0 Å². The lowest BCUT2D eigenvalue weighted by molar-refractivity contribution is -0.544. The van der Waals surface area contributed by atoms with E-state index in [4.69, 9.17) is 4.74 Å². The summed E-state index contributed by atoms with van der Waals surface area (Å²) in [5.74, 6) is -2.24. The molecule has 2 bridgehead atoms. The Balaban J connectivity index is 2.26. The monoisotopic (exact) mass is 319 g/mol. The van der Waals surface area contributed by atoms with Crippen LogP contribution in [0.1, 0.15) is 30.7 Å². The Kier molecular flexibility index (Phi) is 3.48. The number of aliphatic hydroxyl groups is 1. The van der Waals surface area contributed by atoms with Crippen molar-refractivity contribution in [1.82, 2.24) is 0 Å². The van der Waals surface area contributed by atoms with E-state index < -0.39 is 39.7 Å². The van der Waals surface area contributed by atoms with Gasteiger partial charge in [-0.1, -0.05) is 30.3 Å². The molecular weight excluding hydrogens is 302 g/mol. The number of Topliss-reactive ketones (excluding diaryl/α,β-unsaturated/α-hetero) is 1. The molecule has 0 aliphatic heterocycles. The molecule has 0 heterocycles. The van der Waals surface area contributed by atoms with Gasteiger partial charge in [0.15, 0.2) is 5.78 Å². The van der Waals surface area contributed by atoms with Crippen LogP contribution in [0.25, 0.3) is 0 Å². The number of carbonyl (C=O) groups excluding carboxylic acids is 2. The van der Waals surface area contributed by atoms with E-state index in [0.717, 1.165) is 7.11 Å². The first-order chi connectivity index (χ1) is 10.9. The van der Waals surface area contributed by atoms with Gasteiger partial charge in [-0.15, -0.1) is 0 Å². The fourth-order valence-corrected chi connectivity index (χ4v) is 4.28. The highest BCUT2D eigenvalue weighted by Gasteiger charge is 2.75. The van der Waals surface area contributed by atoms with E-state index in [2.05, 4.69) is 0 Å². The number of nitro groups is 1. The number of methoxy groups -OCH3 is 1. The van der Waals surface area contributed by atoms with Crippen molar-refractivity contribution in [3.8, 4) is 0 Å². The lowest BCUT2D eigenvalue weighted by Crippen LogP contribution is -2.47. The molecule has 0 amide bonds. The van der Waals surface area contributed by atoms with Crippen LogP contribution in [0.2, 0.25) is 0 Å². The van der Waals surface area contributed by atoms with Crippen molar-refractivity contribution in [2.75, 3.05) is 7.11 Å². The maximum Gasteiger partial charge on any atom is 0.320 e. The molecule has 1 aromatic rings. The van der Waals surface area contributed by atoms with Crippen molar-refractivity contribution < 1.29 is 24.4 Å². The van der Waals surface area contributed by atoms with Crippen LogP contribution in [0.5, 0.6) is 0 Å². The van der Waals surface area contributed by atoms with Gasteiger partial charge in [0.05, 0.1) is 13.0 Å². The maximum atomic E-state index is 12.6. The lowest BCUT2D eigenvalue weighted by Gasteiger charge is -2.33. The summed E-state index contributed by atoms with van der Waals surface area (Å²) in [4.78, 5) is 36.2. The van der Waals surface area contributed by atoms with E-state index in [1.165, 1.54) is 0 Å². The Morgan fingerprint density at radius 1 is 1.39 bits per heavy atom. The minimum atomic E-state index is -1.69. The van der Waals surface area contributed by atoms with Gasteiger partial charge in [-0.3, -0.25) is 19.7 Å². The number of ketones is 1. The van der Waals surface area contributed by atoms with Crippen molar-refractivity contribution in [3.63, 3.8) is 0 Å². The normalized spacial score (nSPS) is 35.8. The van der Waals surface area contributed by atoms with Crippen LogP contribution in [0.15, 0.2) is 30.3 Å². The Labute approximate surface area is 132 Å². The molecule has 2 fully saturated rings. The molecular formula is C16H17NO6. The molecule has 3 rings (SSSR count). The van der Waals surface area contributed by atoms with Crippen LogP contribution in [-0.4, -0.2) is 40.5 Å². The number of fused-ring (bicyclic) bond motifs is 2. The molecule has 1 N–H and O–H groups in total. The Bertz CT molecular complexity index is 664. The molecule has 2 saturated carbocycles. The average molecular weight is 319 g/mol. The lowest BCUT2D eigenvalue weighted by atomic mass is 9.68. The second kappa shape index (κ2) is 5.13. The van der Waals surface area contributed by atoms with Gasteiger partial charge in [-0.05, 0) is 12.0 Å². The van der Waals surface area contributed by atoms with Crippen molar-refractivity contribution in [2.24, 2.45) is 5.41 Å². The topological polar surface area (TPSA) is 107 Å². The summed E-state index contributed by atoms with van der Waals surface area (Å²) in [6.45, 7) is 0. The zero-order valence-electron chi connectivity index (χ0n) is 12.6. The van der Waals surface area contributed by atoms with Gasteiger partial charge >= 0.3 is 5.97 Å². The zero-order valence-corrected chi connectivity index (χ0v) is 12.6. The van der Waals surface area contributed by atoms with E-state index in [9.17, 15) is 24.8 Å². The molecule has 7 heteroatoms. The van der Waals surface area contributed by atoms with Gasteiger partial charge in [-0.25, -0.2) is 0 Å². The minimum Gasteiger partial charge on any atom is -0.468 e. The van der Waals surface area contributed by atoms with Crippen LogP contribution in [0.4, 0.5) is 0 Å². The van der Waals surface area contributed by atoms with Gasteiger partial charge in [0.1, 0.15) is 11.0 Å². The third kappa shape index (κ3) is 1.99. The van der Waals surface area contributed by atoms with E-state index in [-0.39, 0.29) is 19.3 Å². The average Bonchev–Trinajstić information content (AvgIpc) is 2.78. The van der Waals surface area contributed by atoms with Gasteiger partial charge in [0.2, 0.25) is 6.04 Å². The van der Waals surface area contributed by atoms with E-state index in [1.54, 1.807) is 30.3 Å². The van der Waals surface area contributed by atoms with Gasteiger partial charge in [-0.2, -0.15) is 0 Å². The largest absolute Gasteiger partial charge is 0.468 e. The molecule has 0 radical (unpaired) electrons. The molecule has 0 spiro atoms. The summed E-state index contributed by atoms with van der Waals surface area (Å²) >= 11 is 0. The molecule has 122 valence electrons. The summed E-state index contributed by atoms with van der Waals surface area (Å²) in [7, 11) is 1.15. The highest BCUT2D eigenvalue weighted by Crippen LogP contribution is 2.60. The van der Waals surface area contributed by atoms with E-state index in [0.29, 0.717) is 5.56 Å². The zero-order chi connectivity index (χ0) is 16.8. The molecule has 2 aliphatic carbocycles. The van der Waals surface area contributed by atoms with Crippen molar-refractivity contribution >= 4 is 11.8 Å². The standard InChI is InChI=1S/C16H17NO6/c1-23-14(19)16-9-15(20,8-7-11(16)18)13(17(21)22)12(16)10-5-3-2-4-6-10/h2-6,12-13,20H,7-9H2,1H3/t12-,13+,15-,16-/m0/s1. The molecule has 0 aromatic heterocycles. The number of esters is 1. The molecule has 0 unspecified atom stereocenters. The van der Waals surface area contributed by atoms with E-state index in [1.807, 2.05) is 0 Å². The predicted molar refractivity (Wildman–Crippen MR) is 78.2 cm³/mol. The first-order valence-electron chi connectivity index (χ1n) is 7.39. The summed E-state index contributed by atoms with van der Waals surface area (Å²) in [5, 5.41) is 22.5. The molecule has 4 atom stereocenters. The number of hydrogen-bond donors (Lipinski definition) is 1. The van der Waals surface area contributed by atoms with Gasteiger partial charge < -0.3 is 9.84 Å². The number of rotatable bonds is 3. The molecule has 0 saturated heterocycles. The fourth-order valence-electron chi connectivity index (χ4n) is 4.28. The van der Waals surface area contributed by atoms with Gasteiger partial charge in [0, 0.05) is 17.8 Å². The van der Waals surface area contributed by atoms with Crippen LogP contribution in [0.3, 0.4) is 0 Å². The van der Waals surface area contributed by atoms with E-state index >= 15 is 0 Å². The smallest absolute Gasteiger partial charge is 0.320 e. The Morgan fingerprint density at radius 3 is 2.61 bits per heavy atom. The Hall–Kier alpha value is -2.28. The predicted octanol–water partition coefficient (Wildman–Crippen LogP) is 1.07. The third-order valence-corrected chi connectivity index (χ3v) is 5.20. The second-order valence-electron chi connectivity index (χ2n) is 6.29. The fraction of sp³-hybridized carbons (Fsp3) is 0.500. The highest BCUT2D eigenvalue weighted by atomic mass is 16.6. The quantitative estimate of drug-likeness (QED) is 0.386. The first kappa shape index (κ1) is 15.6. The minimum absolute atomic E-state index is 0.0143. The second-order valence-corrected chi connectivity index (χ2v) is 6.29. The number of carbonyl (C=O) groups is 2. The first-order valence-corrected chi connectivity index (χ1v) is 7.39. The molecule has 2 aliphatic rings. The molecule has 1 aromatic carbocycles. The summed E-state index contributed by atoms with van der Waals surface area (Å²) in [5.41, 5.74) is -2.89. The van der Waals surface area contributed by atoms with Crippen LogP contribution in [0, 0.1) is 15.5 Å². The molecule has 23 heavy (non-hydrogen) atoms. The third-order valence-electron chi connectivity index (χ3n) is 5.20. The maximum absolute atomic E-state index is 12.6. The number of nitrogens with zero attached hydrogens (tertiary/aromatic N) is 1. The van der Waals surface area contributed by atoms with Crippen molar-refractivity contribution in [1.29, 1.82) is 0 Å². The summed E-state index contributed by atoms with van der Waals surface area (Å²) < 4.78 is 4.81. The summed E-state index contributed by atoms with van der Waals surface area (Å²) in [6.07, 6.45) is -0.352. The number of ether oxygens (including phenoxy) is 1. The summed E-state index contributed by atoms with van der Waals surface area (Å²) in [6, 6.07) is 6.98. The van der Waals surface area contributed by atoms with Crippen LogP contribution in [-0.2, 0) is 14.3 Å². The van der Waals surface area contributed by atoms with Crippen LogP contribution < -0.4 is 0 Å². The number of hydrogen-bond acceptors (Lipinski definition) is 6. The Morgan fingerprint density at radius 2 is 2.04 bits per heavy atom. The number of benzene rings is 1. The molecule has 7 nitrogen and oxygen atoms in total. The van der Waals surface area contributed by atoms with Crippen molar-refractivity contribution in [2.45, 2.75) is 36.8 Å². The highest BCUT2D eigenvalue weighted by molar-refractivity contribution is 6.06. The van der Waals surface area contributed by atoms with Gasteiger partial charge in [0.25, 0.3) is 0 Å².